The number of rotatable bonds is 7. The molecule has 1 saturated carbocycles. The zero-order chi connectivity index (χ0) is 22.6. The van der Waals surface area contributed by atoms with E-state index in [2.05, 4.69) is 10.6 Å². The standard InChI is InChI=1S/C22H24ClFN2O4S/c1-15-4-5-16(14-19(15)24)20(27)25-12-13-26-21(28)22(10-2-3-11-22)31(29,30)18-8-6-17(23)7-9-18/h4-9,14H,2-3,10-13H2,1H3,(H,25,27)(H,26,28). The molecule has 3 rings (SSSR count). The van der Waals surface area contributed by atoms with Crippen molar-refractivity contribution in [1.82, 2.24) is 10.6 Å². The van der Waals surface area contributed by atoms with Crippen LogP contribution in [-0.4, -0.2) is 38.1 Å². The Hall–Kier alpha value is -2.45. The van der Waals surface area contributed by atoms with Crippen LogP contribution in [0.15, 0.2) is 47.4 Å². The highest BCUT2D eigenvalue weighted by molar-refractivity contribution is 7.93. The minimum atomic E-state index is -3.92. The average molecular weight is 467 g/mol. The number of nitrogens with one attached hydrogen (secondary N) is 2. The molecule has 1 aliphatic carbocycles. The molecule has 9 heteroatoms. The predicted octanol–water partition coefficient (Wildman–Crippen LogP) is 3.42. The van der Waals surface area contributed by atoms with Gasteiger partial charge in [-0.1, -0.05) is 30.5 Å². The third-order valence-corrected chi connectivity index (χ3v) is 8.36. The second-order valence-electron chi connectivity index (χ2n) is 7.63. The summed E-state index contributed by atoms with van der Waals surface area (Å²) in [4.78, 5) is 25.2. The molecule has 0 bridgehead atoms. The minimum absolute atomic E-state index is 0.0524. The first kappa shape index (κ1) is 23.2. The van der Waals surface area contributed by atoms with E-state index in [9.17, 15) is 22.4 Å². The molecule has 0 saturated heterocycles. The molecule has 0 unspecified atom stereocenters. The lowest BCUT2D eigenvalue weighted by molar-refractivity contribution is -0.123. The van der Waals surface area contributed by atoms with Gasteiger partial charge in [-0.05, 0) is 61.7 Å². The molecule has 2 N–H and O–H groups in total. The highest BCUT2D eigenvalue weighted by Crippen LogP contribution is 2.41. The number of aryl methyl sites for hydroxylation is 1. The summed E-state index contributed by atoms with van der Waals surface area (Å²) in [6, 6.07) is 9.96. The normalized spacial score (nSPS) is 15.5. The fraction of sp³-hybridized carbons (Fsp3) is 0.364. The van der Waals surface area contributed by atoms with Crippen molar-refractivity contribution in [3.63, 3.8) is 0 Å². The summed E-state index contributed by atoms with van der Waals surface area (Å²) >= 11 is 5.86. The highest BCUT2D eigenvalue weighted by Gasteiger charge is 2.52. The number of carbonyl (C=O) groups excluding carboxylic acids is 2. The lowest BCUT2D eigenvalue weighted by atomic mass is 10.1. The second kappa shape index (κ2) is 9.36. The predicted molar refractivity (Wildman–Crippen MR) is 116 cm³/mol. The van der Waals surface area contributed by atoms with Gasteiger partial charge in [0.05, 0.1) is 4.90 Å². The monoisotopic (exact) mass is 466 g/mol. The Bertz CT molecular complexity index is 1080. The lowest BCUT2D eigenvalue weighted by Gasteiger charge is -2.27. The number of halogens is 2. The largest absolute Gasteiger partial charge is 0.353 e. The number of sulfone groups is 1. The first-order valence-electron chi connectivity index (χ1n) is 10.0. The summed E-state index contributed by atoms with van der Waals surface area (Å²) in [6.07, 6.45) is 1.74. The number of carbonyl (C=O) groups is 2. The van der Waals surface area contributed by atoms with E-state index in [4.69, 9.17) is 11.6 Å². The number of hydrogen-bond acceptors (Lipinski definition) is 4. The van der Waals surface area contributed by atoms with E-state index >= 15 is 0 Å². The van der Waals surface area contributed by atoms with Crippen LogP contribution in [0.5, 0.6) is 0 Å². The molecule has 0 aliphatic heterocycles. The van der Waals surface area contributed by atoms with Crippen LogP contribution in [0.4, 0.5) is 4.39 Å². The van der Waals surface area contributed by atoms with Crippen molar-refractivity contribution in [2.45, 2.75) is 42.2 Å². The highest BCUT2D eigenvalue weighted by atomic mass is 35.5. The van der Waals surface area contributed by atoms with Crippen LogP contribution in [-0.2, 0) is 14.6 Å². The molecule has 166 valence electrons. The van der Waals surface area contributed by atoms with E-state index in [1.54, 1.807) is 6.92 Å². The van der Waals surface area contributed by atoms with Crippen LogP contribution in [0.3, 0.4) is 0 Å². The van der Waals surface area contributed by atoms with Crippen molar-refractivity contribution in [1.29, 1.82) is 0 Å². The third-order valence-electron chi connectivity index (χ3n) is 5.59. The van der Waals surface area contributed by atoms with Gasteiger partial charge in [-0.15, -0.1) is 0 Å². The fourth-order valence-corrected chi connectivity index (χ4v) is 5.97. The van der Waals surface area contributed by atoms with Crippen LogP contribution in [0.1, 0.15) is 41.6 Å². The first-order valence-corrected chi connectivity index (χ1v) is 11.9. The van der Waals surface area contributed by atoms with E-state index in [0.717, 1.165) is 6.07 Å². The number of benzene rings is 2. The van der Waals surface area contributed by atoms with Gasteiger partial charge in [-0.2, -0.15) is 0 Å². The molecule has 6 nitrogen and oxygen atoms in total. The van der Waals surface area contributed by atoms with Gasteiger partial charge in [0.25, 0.3) is 5.91 Å². The van der Waals surface area contributed by atoms with Crippen LogP contribution in [0.2, 0.25) is 5.02 Å². The van der Waals surface area contributed by atoms with Gasteiger partial charge in [-0.25, -0.2) is 12.8 Å². The van der Waals surface area contributed by atoms with Crippen LogP contribution >= 0.6 is 11.6 Å². The van der Waals surface area contributed by atoms with Gasteiger partial charge in [-0.3, -0.25) is 9.59 Å². The summed E-state index contributed by atoms with van der Waals surface area (Å²) in [5.74, 6) is -1.52. The minimum Gasteiger partial charge on any atom is -0.353 e. The molecule has 2 aromatic carbocycles. The molecule has 2 amide bonds. The molecule has 1 aliphatic rings. The molecule has 0 aromatic heterocycles. The van der Waals surface area contributed by atoms with E-state index < -0.39 is 32.2 Å². The van der Waals surface area contributed by atoms with Gasteiger partial charge in [0.1, 0.15) is 5.82 Å². The Kier molecular flexibility index (Phi) is 7.01. The van der Waals surface area contributed by atoms with E-state index in [0.29, 0.717) is 23.4 Å². The Morgan fingerprint density at radius 3 is 2.26 bits per heavy atom. The van der Waals surface area contributed by atoms with Gasteiger partial charge < -0.3 is 10.6 Å². The zero-order valence-corrected chi connectivity index (χ0v) is 18.7. The molecular weight excluding hydrogens is 443 g/mol. The molecule has 31 heavy (non-hydrogen) atoms. The molecule has 2 aromatic rings. The molecule has 1 fully saturated rings. The summed E-state index contributed by atoms with van der Waals surface area (Å²) in [5, 5.41) is 5.65. The smallest absolute Gasteiger partial charge is 0.251 e. The lowest BCUT2D eigenvalue weighted by Crippen LogP contribution is -2.51. The molecule has 0 radical (unpaired) electrons. The molecular formula is C22H24ClFN2O4S. The quantitative estimate of drug-likeness (QED) is 0.611. The SMILES string of the molecule is Cc1ccc(C(=O)NCCNC(=O)C2(S(=O)(=O)c3ccc(Cl)cc3)CCCC2)cc1F. The Balaban J connectivity index is 1.64. The van der Waals surface area contributed by atoms with Crippen molar-refractivity contribution in [3.8, 4) is 0 Å². The summed E-state index contributed by atoms with van der Waals surface area (Å²) < 4.78 is 38.7. The Morgan fingerprint density at radius 2 is 1.65 bits per heavy atom. The summed E-state index contributed by atoms with van der Waals surface area (Å²) in [6.45, 7) is 1.73. The van der Waals surface area contributed by atoms with Gasteiger partial charge >= 0.3 is 0 Å². The van der Waals surface area contributed by atoms with Gasteiger partial charge in [0.15, 0.2) is 14.6 Å². The average Bonchev–Trinajstić information content (AvgIpc) is 3.25. The van der Waals surface area contributed by atoms with Crippen LogP contribution in [0, 0.1) is 12.7 Å². The van der Waals surface area contributed by atoms with Crippen molar-refractivity contribution in [2.75, 3.05) is 13.1 Å². The van der Waals surface area contributed by atoms with Crippen molar-refractivity contribution < 1.29 is 22.4 Å². The molecule has 0 heterocycles. The van der Waals surface area contributed by atoms with E-state index in [-0.39, 0.29) is 36.4 Å². The van der Waals surface area contributed by atoms with Gasteiger partial charge in [0.2, 0.25) is 5.91 Å². The maximum Gasteiger partial charge on any atom is 0.251 e. The van der Waals surface area contributed by atoms with Crippen molar-refractivity contribution in [3.05, 3.63) is 64.4 Å². The zero-order valence-electron chi connectivity index (χ0n) is 17.1. The van der Waals surface area contributed by atoms with Crippen molar-refractivity contribution >= 4 is 33.3 Å². The molecule has 0 atom stereocenters. The van der Waals surface area contributed by atoms with Crippen LogP contribution in [0.25, 0.3) is 0 Å². The fourth-order valence-electron chi connectivity index (χ4n) is 3.75. The maximum absolute atomic E-state index is 13.6. The van der Waals surface area contributed by atoms with Crippen LogP contribution < -0.4 is 10.6 Å². The van der Waals surface area contributed by atoms with E-state index in [1.165, 1.54) is 36.4 Å². The third kappa shape index (κ3) is 4.75. The number of hydrogen-bond donors (Lipinski definition) is 2. The summed E-state index contributed by atoms with van der Waals surface area (Å²) in [5.41, 5.74) is 0.611. The Morgan fingerprint density at radius 1 is 1.03 bits per heavy atom. The van der Waals surface area contributed by atoms with Gasteiger partial charge in [0, 0.05) is 23.7 Å². The first-order chi connectivity index (χ1) is 14.7. The number of amides is 2. The molecule has 0 spiro atoms. The van der Waals surface area contributed by atoms with E-state index in [1.807, 2.05) is 0 Å². The Labute approximate surface area is 186 Å². The maximum atomic E-state index is 13.6. The second-order valence-corrected chi connectivity index (χ2v) is 10.3. The summed E-state index contributed by atoms with van der Waals surface area (Å²) in [7, 11) is -3.92. The van der Waals surface area contributed by atoms with Crippen molar-refractivity contribution in [2.24, 2.45) is 0 Å². The topological polar surface area (TPSA) is 92.3 Å².